The molecule has 0 unspecified atom stereocenters. The molecule has 0 aliphatic heterocycles. The van der Waals surface area contributed by atoms with Crippen molar-refractivity contribution in [3.63, 3.8) is 0 Å². The number of benzene rings is 2. The second-order valence-corrected chi connectivity index (χ2v) is 8.53. The molecule has 3 N–H and O–H groups in total. The van der Waals surface area contributed by atoms with Crippen LogP contribution in [-0.2, 0) is 16.1 Å². The van der Waals surface area contributed by atoms with Gasteiger partial charge < -0.3 is 20.4 Å². The molecule has 36 heavy (non-hydrogen) atoms. The van der Waals surface area contributed by atoms with Gasteiger partial charge in [-0.1, -0.05) is 23.6 Å². The van der Waals surface area contributed by atoms with Crippen LogP contribution in [0.25, 0.3) is 10.9 Å². The maximum Gasteiger partial charge on any atom is 0.326 e. The minimum atomic E-state index is -1.47. The first-order valence-electron chi connectivity index (χ1n) is 10.9. The molecule has 186 valence electrons. The van der Waals surface area contributed by atoms with Crippen LogP contribution in [0.4, 0.5) is 10.1 Å². The van der Waals surface area contributed by atoms with Gasteiger partial charge in [0.1, 0.15) is 11.9 Å². The van der Waals surface area contributed by atoms with Crippen molar-refractivity contribution in [2.24, 2.45) is 0 Å². The van der Waals surface area contributed by atoms with E-state index >= 15 is 0 Å². The smallest absolute Gasteiger partial charge is 0.326 e. The van der Waals surface area contributed by atoms with Gasteiger partial charge in [-0.2, -0.15) is 0 Å². The van der Waals surface area contributed by atoms with E-state index in [0.29, 0.717) is 17.3 Å². The Kier molecular flexibility index (Phi) is 8.46. The number of carbonyl (C=O) groups is 3. The lowest BCUT2D eigenvalue weighted by atomic mass is 10.1. The first-order valence-corrected chi connectivity index (χ1v) is 11.3. The van der Waals surface area contributed by atoms with Gasteiger partial charge in [0, 0.05) is 29.7 Å². The van der Waals surface area contributed by atoms with E-state index in [1.807, 2.05) is 25.1 Å². The summed E-state index contributed by atoms with van der Waals surface area (Å²) in [6.45, 7) is 2.33. The largest absolute Gasteiger partial charge is 0.481 e. The van der Waals surface area contributed by atoms with E-state index in [-0.39, 0.29) is 18.5 Å². The molecule has 0 fully saturated rings. The normalized spacial score (nSPS) is 11.5. The van der Waals surface area contributed by atoms with Gasteiger partial charge in [0.25, 0.3) is 5.91 Å². The van der Waals surface area contributed by atoms with E-state index in [1.165, 1.54) is 12.1 Å². The second kappa shape index (κ2) is 11.5. The Morgan fingerprint density at radius 3 is 2.58 bits per heavy atom. The molecule has 0 aliphatic carbocycles. The quantitative estimate of drug-likeness (QED) is 0.351. The number of anilines is 1. The molecule has 0 bridgehead atoms. The summed E-state index contributed by atoms with van der Waals surface area (Å²) in [7, 11) is 0. The Hall–Kier alpha value is -4.16. The SMILES string of the molecule is C#CCN(Cc1ccc2nc(C)cc(Cl)c2c1)c1ccc(C(=O)N[C@@H](CCC(=O)O)C(=O)O)c(F)c1. The van der Waals surface area contributed by atoms with Crippen molar-refractivity contribution < 1.29 is 29.0 Å². The lowest BCUT2D eigenvalue weighted by Crippen LogP contribution is -2.41. The van der Waals surface area contributed by atoms with Crippen molar-refractivity contribution in [1.82, 2.24) is 10.3 Å². The Morgan fingerprint density at radius 1 is 1.19 bits per heavy atom. The lowest BCUT2D eigenvalue weighted by Gasteiger charge is -2.23. The highest BCUT2D eigenvalue weighted by Crippen LogP contribution is 2.26. The highest BCUT2D eigenvalue weighted by Gasteiger charge is 2.23. The monoisotopic (exact) mass is 511 g/mol. The number of aliphatic carboxylic acids is 2. The van der Waals surface area contributed by atoms with E-state index in [9.17, 15) is 23.9 Å². The van der Waals surface area contributed by atoms with Crippen LogP contribution in [0, 0.1) is 25.1 Å². The number of carbonyl (C=O) groups excluding carboxylic acids is 1. The molecule has 0 spiro atoms. The van der Waals surface area contributed by atoms with Gasteiger partial charge in [0.15, 0.2) is 0 Å². The summed E-state index contributed by atoms with van der Waals surface area (Å²) in [6.07, 6.45) is 4.72. The number of fused-ring (bicyclic) bond motifs is 1. The third-order valence-electron chi connectivity index (χ3n) is 5.42. The number of hydrogen-bond donors (Lipinski definition) is 3. The zero-order valence-corrected chi connectivity index (χ0v) is 20.1. The predicted octanol–water partition coefficient (Wildman–Crippen LogP) is 4.02. The maximum absolute atomic E-state index is 14.9. The van der Waals surface area contributed by atoms with Crippen LogP contribution >= 0.6 is 11.6 Å². The van der Waals surface area contributed by atoms with Crippen LogP contribution in [-0.4, -0.2) is 45.6 Å². The molecule has 2 aromatic carbocycles. The number of halogens is 2. The highest BCUT2D eigenvalue weighted by molar-refractivity contribution is 6.35. The molecule has 0 saturated carbocycles. The maximum atomic E-state index is 14.9. The first-order chi connectivity index (χ1) is 17.1. The number of pyridine rings is 1. The Labute approximate surface area is 211 Å². The average molecular weight is 512 g/mol. The van der Waals surface area contributed by atoms with E-state index < -0.39 is 36.1 Å². The zero-order valence-electron chi connectivity index (χ0n) is 19.3. The molecular weight excluding hydrogens is 489 g/mol. The molecule has 0 aliphatic rings. The van der Waals surface area contributed by atoms with Crippen molar-refractivity contribution in [1.29, 1.82) is 0 Å². The summed E-state index contributed by atoms with van der Waals surface area (Å²) in [4.78, 5) is 40.7. The standard InChI is InChI=1S/C26H23ClFN3O5/c1-3-10-31(14-16-4-7-22-19(12-16)20(27)11-15(2)29-22)17-5-6-18(21(28)13-17)25(34)30-23(26(35)36)8-9-24(32)33/h1,4-7,11-13,23H,8-10,14H2,2H3,(H,30,34)(H,32,33)(H,35,36)/t23-/m0/s1. The van der Waals surface area contributed by atoms with Gasteiger partial charge >= 0.3 is 11.9 Å². The van der Waals surface area contributed by atoms with Gasteiger partial charge in [0.05, 0.1) is 22.6 Å². The molecule has 0 radical (unpaired) electrons. The van der Waals surface area contributed by atoms with Gasteiger partial charge in [-0.05, 0) is 55.3 Å². The van der Waals surface area contributed by atoms with E-state index in [4.69, 9.17) is 23.1 Å². The van der Waals surface area contributed by atoms with Crippen molar-refractivity contribution in [3.05, 3.63) is 70.1 Å². The number of amides is 1. The summed E-state index contributed by atoms with van der Waals surface area (Å²) in [5, 5.41) is 21.5. The van der Waals surface area contributed by atoms with Crippen LogP contribution in [0.5, 0.6) is 0 Å². The Bertz CT molecular complexity index is 1370. The van der Waals surface area contributed by atoms with Gasteiger partial charge in [-0.25, -0.2) is 9.18 Å². The minimum Gasteiger partial charge on any atom is -0.481 e. The average Bonchev–Trinajstić information content (AvgIpc) is 2.81. The van der Waals surface area contributed by atoms with Crippen LogP contribution in [0.2, 0.25) is 5.02 Å². The van der Waals surface area contributed by atoms with Crippen LogP contribution in [0.1, 0.15) is 34.5 Å². The fourth-order valence-electron chi connectivity index (χ4n) is 3.67. The lowest BCUT2D eigenvalue weighted by molar-refractivity contribution is -0.140. The number of nitrogens with zero attached hydrogens (tertiary/aromatic N) is 2. The van der Waals surface area contributed by atoms with Crippen molar-refractivity contribution in [3.8, 4) is 12.3 Å². The molecule has 1 amide bonds. The number of nitrogens with one attached hydrogen (secondary N) is 1. The number of carboxylic acids is 2. The minimum absolute atomic E-state index is 0.152. The predicted molar refractivity (Wildman–Crippen MR) is 134 cm³/mol. The first kappa shape index (κ1) is 26.4. The van der Waals surface area contributed by atoms with Crippen molar-refractivity contribution in [2.45, 2.75) is 32.4 Å². The number of hydrogen-bond acceptors (Lipinski definition) is 5. The second-order valence-electron chi connectivity index (χ2n) is 8.12. The summed E-state index contributed by atoms with van der Waals surface area (Å²) in [5.41, 5.74) is 2.44. The Balaban J connectivity index is 1.82. The number of aryl methyl sites for hydroxylation is 1. The fourth-order valence-corrected chi connectivity index (χ4v) is 3.98. The molecule has 8 nitrogen and oxygen atoms in total. The molecular formula is C26H23ClFN3O5. The molecule has 0 saturated heterocycles. The van der Waals surface area contributed by atoms with E-state index in [2.05, 4.69) is 16.2 Å². The molecule has 1 atom stereocenters. The third-order valence-corrected chi connectivity index (χ3v) is 5.73. The summed E-state index contributed by atoms with van der Waals surface area (Å²) >= 11 is 6.37. The molecule has 3 rings (SSSR count). The molecule has 1 aromatic heterocycles. The molecule has 1 heterocycles. The summed E-state index contributed by atoms with van der Waals surface area (Å²) in [5.74, 6) is -1.93. The molecule has 10 heteroatoms. The topological polar surface area (TPSA) is 120 Å². The van der Waals surface area contributed by atoms with Gasteiger partial charge in [0.2, 0.25) is 0 Å². The van der Waals surface area contributed by atoms with Crippen molar-refractivity contribution in [2.75, 3.05) is 11.4 Å². The van der Waals surface area contributed by atoms with Gasteiger partial charge in [-0.15, -0.1) is 6.42 Å². The zero-order chi connectivity index (χ0) is 26.4. The third kappa shape index (κ3) is 6.49. The fraction of sp³-hybridized carbons (Fsp3) is 0.231. The summed E-state index contributed by atoms with van der Waals surface area (Å²) < 4.78 is 14.9. The number of aromatic nitrogens is 1. The number of terminal acetylenes is 1. The number of carboxylic acid groups (broad SMARTS) is 2. The van der Waals surface area contributed by atoms with Crippen molar-refractivity contribution >= 4 is 46.0 Å². The van der Waals surface area contributed by atoms with Crippen LogP contribution in [0.3, 0.4) is 0 Å². The Morgan fingerprint density at radius 2 is 1.94 bits per heavy atom. The van der Waals surface area contributed by atoms with E-state index in [1.54, 1.807) is 11.0 Å². The number of rotatable bonds is 10. The van der Waals surface area contributed by atoms with Crippen LogP contribution < -0.4 is 10.2 Å². The molecule has 3 aromatic rings. The summed E-state index contributed by atoms with van der Waals surface area (Å²) in [6, 6.07) is 9.76. The van der Waals surface area contributed by atoms with Gasteiger partial charge in [-0.3, -0.25) is 14.6 Å². The van der Waals surface area contributed by atoms with E-state index in [0.717, 1.165) is 28.2 Å². The van der Waals surface area contributed by atoms with Crippen LogP contribution in [0.15, 0.2) is 42.5 Å². The highest BCUT2D eigenvalue weighted by atomic mass is 35.5.